The van der Waals surface area contributed by atoms with E-state index in [4.69, 9.17) is 10.6 Å². The van der Waals surface area contributed by atoms with Crippen LogP contribution < -0.4 is 11.3 Å². The second-order valence-corrected chi connectivity index (χ2v) is 5.07. The highest BCUT2D eigenvalue weighted by atomic mass is 19.1. The number of nitrogens with two attached hydrogens (primary N) is 1. The van der Waals surface area contributed by atoms with Gasteiger partial charge in [-0.2, -0.15) is 0 Å². The fraction of sp³-hybridized carbons (Fsp3) is 0.571. The minimum Gasteiger partial charge on any atom is -0.378 e. The van der Waals surface area contributed by atoms with Gasteiger partial charge in [0.25, 0.3) is 0 Å². The first-order valence-corrected chi connectivity index (χ1v) is 6.66. The van der Waals surface area contributed by atoms with Crippen LogP contribution in [0.15, 0.2) is 18.2 Å². The first-order chi connectivity index (χ1) is 9.12. The lowest BCUT2D eigenvalue weighted by Gasteiger charge is -2.37. The summed E-state index contributed by atoms with van der Waals surface area (Å²) in [5, 5.41) is 0. The van der Waals surface area contributed by atoms with Crippen molar-refractivity contribution in [2.24, 2.45) is 11.8 Å². The average Bonchev–Trinajstić information content (AvgIpc) is 2.30. The maximum Gasteiger partial charge on any atom is 0.126 e. The smallest absolute Gasteiger partial charge is 0.126 e. The maximum atomic E-state index is 13.2. The van der Waals surface area contributed by atoms with E-state index in [9.17, 15) is 8.78 Å². The Labute approximate surface area is 112 Å². The Hall–Kier alpha value is -1.04. The minimum absolute atomic E-state index is 0.224. The van der Waals surface area contributed by atoms with Gasteiger partial charge in [-0.25, -0.2) is 8.78 Å². The standard InChI is InChI=1S/C14H20F2N2O/c1-2-19-13-3-9(4-13)5-14(18-17)10-6-11(15)8-12(16)7-10/h6-9,13-14,18H,2-5,17H2,1H3. The molecule has 3 N–H and O–H groups in total. The lowest BCUT2D eigenvalue weighted by atomic mass is 9.77. The third-order valence-electron chi connectivity index (χ3n) is 3.65. The predicted molar refractivity (Wildman–Crippen MR) is 69.2 cm³/mol. The van der Waals surface area contributed by atoms with Crippen LogP contribution >= 0.6 is 0 Å². The number of halogens is 2. The molecule has 1 fully saturated rings. The summed E-state index contributed by atoms with van der Waals surface area (Å²) >= 11 is 0. The summed E-state index contributed by atoms with van der Waals surface area (Å²) in [6.45, 7) is 2.71. The first kappa shape index (κ1) is 14.4. The molecule has 106 valence electrons. The van der Waals surface area contributed by atoms with Crippen molar-refractivity contribution in [2.45, 2.75) is 38.3 Å². The number of hydrogen-bond donors (Lipinski definition) is 2. The molecular weight excluding hydrogens is 250 g/mol. The summed E-state index contributed by atoms with van der Waals surface area (Å²) in [6.07, 6.45) is 3.08. The molecule has 2 rings (SSSR count). The second-order valence-electron chi connectivity index (χ2n) is 5.07. The van der Waals surface area contributed by atoms with Crippen LogP contribution in [0.5, 0.6) is 0 Å². The monoisotopic (exact) mass is 270 g/mol. The topological polar surface area (TPSA) is 47.3 Å². The van der Waals surface area contributed by atoms with Gasteiger partial charge in [0.05, 0.1) is 6.10 Å². The van der Waals surface area contributed by atoms with E-state index in [2.05, 4.69) is 5.43 Å². The molecule has 1 aromatic carbocycles. The quantitative estimate of drug-likeness (QED) is 0.617. The molecule has 1 aromatic rings. The van der Waals surface area contributed by atoms with E-state index in [0.717, 1.165) is 31.9 Å². The molecule has 1 aliphatic rings. The summed E-state index contributed by atoms with van der Waals surface area (Å²) < 4.78 is 31.9. The molecule has 5 heteroatoms. The van der Waals surface area contributed by atoms with E-state index < -0.39 is 11.6 Å². The molecular formula is C14H20F2N2O. The van der Waals surface area contributed by atoms with Crippen molar-refractivity contribution < 1.29 is 13.5 Å². The van der Waals surface area contributed by atoms with Crippen LogP contribution in [0, 0.1) is 17.6 Å². The molecule has 0 radical (unpaired) electrons. The molecule has 1 unspecified atom stereocenters. The molecule has 1 aliphatic carbocycles. The Balaban J connectivity index is 1.93. The summed E-state index contributed by atoms with van der Waals surface area (Å²) in [5.74, 6) is 4.84. The molecule has 0 bridgehead atoms. The molecule has 0 amide bonds. The zero-order valence-electron chi connectivity index (χ0n) is 11.0. The maximum absolute atomic E-state index is 13.2. The van der Waals surface area contributed by atoms with Crippen LogP contribution in [-0.4, -0.2) is 12.7 Å². The number of ether oxygens (including phenoxy) is 1. The lowest BCUT2D eigenvalue weighted by Crippen LogP contribution is -2.36. The SMILES string of the molecule is CCOC1CC(CC(NN)c2cc(F)cc(F)c2)C1. The van der Waals surface area contributed by atoms with Crippen molar-refractivity contribution in [2.75, 3.05) is 6.61 Å². The Bertz CT molecular complexity index is 402. The Morgan fingerprint density at radius 1 is 1.32 bits per heavy atom. The van der Waals surface area contributed by atoms with Gasteiger partial charge in [-0.1, -0.05) is 0 Å². The molecule has 0 heterocycles. The molecule has 0 aromatic heterocycles. The van der Waals surface area contributed by atoms with Gasteiger partial charge in [0, 0.05) is 18.7 Å². The van der Waals surface area contributed by atoms with Crippen molar-refractivity contribution in [3.8, 4) is 0 Å². The zero-order chi connectivity index (χ0) is 13.8. The molecule has 19 heavy (non-hydrogen) atoms. The molecule has 3 nitrogen and oxygen atoms in total. The third kappa shape index (κ3) is 3.72. The van der Waals surface area contributed by atoms with Gasteiger partial charge in [0.15, 0.2) is 0 Å². The molecule has 0 aliphatic heterocycles. The van der Waals surface area contributed by atoms with Crippen LogP contribution in [0.25, 0.3) is 0 Å². The van der Waals surface area contributed by atoms with Crippen molar-refractivity contribution in [1.82, 2.24) is 5.43 Å². The molecule has 0 spiro atoms. The fourth-order valence-corrected chi connectivity index (χ4v) is 2.65. The predicted octanol–water partition coefficient (Wildman–Crippen LogP) is 2.67. The van der Waals surface area contributed by atoms with Crippen LogP contribution in [0.1, 0.15) is 37.8 Å². The molecule has 1 atom stereocenters. The van der Waals surface area contributed by atoms with Crippen LogP contribution in [0.3, 0.4) is 0 Å². The van der Waals surface area contributed by atoms with Gasteiger partial charge >= 0.3 is 0 Å². The largest absolute Gasteiger partial charge is 0.378 e. The number of benzene rings is 1. The van der Waals surface area contributed by atoms with Gasteiger partial charge in [0.1, 0.15) is 11.6 Å². The van der Waals surface area contributed by atoms with Crippen LogP contribution in [-0.2, 0) is 4.74 Å². The van der Waals surface area contributed by atoms with Crippen molar-refractivity contribution in [3.05, 3.63) is 35.4 Å². The Morgan fingerprint density at radius 3 is 2.47 bits per heavy atom. The highest BCUT2D eigenvalue weighted by molar-refractivity contribution is 5.21. The Morgan fingerprint density at radius 2 is 1.95 bits per heavy atom. The first-order valence-electron chi connectivity index (χ1n) is 6.66. The third-order valence-corrected chi connectivity index (χ3v) is 3.65. The lowest BCUT2D eigenvalue weighted by molar-refractivity contribution is -0.0291. The van der Waals surface area contributed by atoms with Gasteiger partial charge in [-0.15, -0.1) is 0 Å². The average molecular weight is 270 g/mol. The number of hydrogen-bond acceptors (Lipinski definition) is 3. The Kier molecular flexibility index (Phi) is 4.85. The van der Waals surface area contributed by atoms with E-state index in [-0.39, 0.29) is 6.04 Å². The van der Waals surface area contributed by atoms with E-state index >= 15 is 0 Å². The normalized spacial score (nSPS) is 24.0. The summed E-state index contributed by atoms with van der Waals surface area (Å²) in [6, 6.07) is 3.29. The summed E-state index contributed by atoms with van der Waals surface area (Å²) in [4.78, 5) is 0. The van der Waals surface area contributed by atoms with Crippen LogP contribution in [0.4, 0.5) is 8.78 Å². The summed E-state index contributed by atoms with van der Waals surface area (Å²) in [5.41, 5.74) is 3.20. The van der Waals surface area contributed by atoms with Crippen molar-refractivity contribution in [3.63, 3.8) is 0 Å². The van der Waals surface area contributed by atoms with Gasteiger partial charge in [0.2, 0.25) is 0 Å². The number of rotatable bonds is 6. The fourth-order valence-electron chi connectivity index (χ4n) is 2.65. The highest BCUT2D eigenvalue weighted by Gasteiger charge is 2.31. The minimum atomic E-state index is -0.573. The van der Waals surface area contributed by atoms with Crippen LogP contribution in [0.2, 0.25) is 0 Å². The van der Waals surface area contributed by atoms with E-state index in [1.165, 1.54) is 12.1 Å². The molecule has 1 saturated carbocycles. The molecule has 0 saturated heterocycles. The van der Waals surface area contributed by atoms with E-state index in [0.29, 0.717) is 17.6 Å². The van der Waals surface area contributed by atoms with Gasteiger partial charge in [-0.3, -0.25) is 11.3 Å². The number of hydrazine groups is 1. The van der Waals surface area contributed by atoms with Crippen molar-refractivity contribution >= 4 is 0 Å². The highest BCUT2D eigenvalue weighted by Crippen LogP contribution is 2.36. The zero-order valence-corrected chi connectivity index (χ0v) is 11.0. The van der Waals surface area contributed by atoms with E-state index in [1.54, 1.807) is 0 Å². The van der Waals surface area contributed by atoms with Crippen molar-refractivity contribution in [1.29, 1.82) is 0 Å². The second kappa shape index (κ2) is 6.41. The van der Waals surface area contributed by atoms with Gasteiger partial charge < -0.3 is 4.74 Å². The number of nitrogens with one attached hydrogen (secondary N) is 1. The van der Waals surface area contributed by atoms with E-state index in [1.807, 2.05) is 6.92 Å². The van der Waals surface area contributed by atoms with Gasteiger partial charge in [-0.05, 0) is 49.8 Å². The summed E-state index contributed by atoms with van der Waals surface area (Å²) in [7, 11) is 0.